The van der Waals surface area contributed by atoms with Crippen LogP contribution in [0.5, 0.6) is 0 Å². The molecular formula is C11H18N4O4. The van der Waals surface area contributed by atoms with E-state index in [1.807, 2.05) is 6.92 Å². The zero-order valence-corrected chi connectivity index (χ0v) is 10.8. The van der Waals surface area contributed by atoms with E-state index in [0.717, 1.165) is 0 Å². The van der Waals surface area contributed by atoms with E-state index in [-0.39, 0.29) is 18.4 Å². The van der Waals surface area contributed by atoms with E-state index < -0.39 is 5.97 Å². The molecule has 0 bridgehead atoms. The number of amides is 2. The van der Waals surface area contributed by atoms with Crippen molar-refractivity contribution in [1.29, 1.82) is 0 Å². The molecule has 0 fully saturated rings. The van der Waals surface area contributed by atoms with Crippen LogP contribution in [0.25, 0.3) is 0 Å². The van der Waals surface area contributed by atoms with Gasteiger partial charge in [0, 0.05) is 25.9 Å². The maximum Gasteiger partial charge on any atom is 0.314 e. The second-order valence-corrected chi connectivity index (χ2v) is 4.09. The normalized spacial score (nSPS) is 11.8. The Bertz CT molecular complexity index is 393. The largest absolute Gasteiger partial charge is 0.481 e. The van der Waals surface area contributed by atoms with E-state index in [0.29, 0.717) is 31.8 Å². The van der Waals surface area contributed by atoms with Crippen LogP contribution in [0.4, 0.5) is 4.79 Å². The molecule has 8 heteroatoms. The Labute approximate surface area is 110 Å². The van der Waals surface area contributed by atoms with Crippen LogP contribution in [0.15, 0.2) is 10.9 Å². The Morgan fingerprint density at radius 3 is 2.84 bits per heavy atom. The number of carbonyl (C=O) groups is 2. The lowest BCUT2D eigenvalue weighted by Crippen LogP contribution is -2.39. The molecule has 0 aliphatic rings. The highest BCUT2D eigenvalue weighted by atomic mass is 16.5. The molecule has 1 aromatic rings. The fraction of sp³-hybridized carbons (Fsp3) is 0.636. The number of nitrogens with one attached hydrogen (secondary N) is 2. The average molecular weight is 270 g/mol. The lowest BCUT2D eigenvalue weighted by Gasteiger charge is -2.13. The molecule has 0 aliphatic carbocycles. The van der Waals surface area contributed by atoms with Crippen LogP contribution in [0.2, 0.25) is 0 Å². The number of carbonyl (C=O) groups excluding carboxylic acids is 1. The minimum atomic E-state index is -0.856. The maximum atomic E-state index is 11.4. The first kappa shape index (κ1) is 14.9. The molecule has 0 saturated carbocycles. The molecule has 0 radical (unpaired) electrons. The summed E-state index contributed by atoms with van der Waals surface area (Å²) in [5.41, 5.74) is 0. The minimum absolute atomic E-state index is 0.0543. The predicted octanol–water partition coefficient (Wildman–Crippen LogP) is 0.412. The highest BCUT2D eigenvalue weighted by Crippen LogP contribution is 2.06. The second-order valence-electron chi connectivity index (χ2n) is 4.09. The lowest BCUT2D eigenvalue weighted by atomic mass is 10.0. The number of urea groups is 1. The van der Waals surface area contributed by atoms with Crippen molar-refractivity contribution >= 4 is 12.0 Å². The minimum Gasteiger partial charge on any atom is -0.481 e. The number of rotatable bonds is 8. The van der Waals surface area contributed by atoms with E-state index >= 15 is 0 Å². The third-order valence-electron chi connectivity index (χ3n) is 2.62. The Morgan fingerprint density at radius 1 is 1.47 bits per heavy atom. The summed E-state index contributed by atoms with van der Waals surface area (Å²) in [6.45, 7) is 2.61. The van der Waals surface area contributed by atoms with Crippen LogP contribution in [-0.2, 0) is 11.2 Å². The molecule has 19 heavy (non-hydrogen) atoms. The van der Waals surface area contributed by atoms with E-state index in [2.05, 4.69) is 20.8 Å². The molecule has 2 amide bonds. The zero-order chi connectivity index (χ0) is 14.1. The molecule has 1 unspecified atom stereocenters. The molecular weight excluding hydrogens is 252 g/mol. The molecule has 0 aliphatic heterocycles. The highest BCUT2D eigenvalue weighted by Gasteiger charge is 2.12. The molecule has 1 atom stereocenters. The summed E-state index contributed by atoms with van der Waals surface area (Å²) in [7, 11) is 0. The summed E-state index contributed by atoms with van der Waals surface area (Å²) < 4.78 is 4.78. The number of aliphatic carboxylic acids is 1. The quantitative estimate of drug-likeness (QED) is 0.630. The number of nitrogens with zero attached hydrogens (tertiary/aromatic N) is 2. The molecule has 1 aromatic heterocycles. The van der Waals surface area contributed by atoms with Crippen molar-refractivity contribution in [3.8, 4) is 0 Å². The van der Waals surface area contributed by atoms with Crippen molar-refractivity contribution in [2.75, 3.05) is 13.1 Å². The van der Waals surface area contributed by atoms with Crippen molar-refractivity contribution in [3.63, 3.8) is 0 Å². The Morgan fingerprint density at radius 2 is 2.26 bits per heavy atom. The SMILES string of the molecule is CCC(CNC(=O)NCCc1ncno1)CC(=O)O. The standard InChI is InChI=1S/C11H18N4O4/c1-2-8(5-10(16)17)6-13-11(18)12-4-3-9-14-7-15-19-9/h7-8H,2-6H2,1H3,(H,16,17)(H2,12,13,18). The number of aromatic nitrogens is 2. The van der Waals surface area contributed by atoms with Crippen molar-refractivity contribution < 1.29 is 19.2 Å². The van der Waals surface area contributed by atoms with Gasteiger partial charge in [-0.2, -0.15) is 4.98 Å². The molecule has 1 heterocycles. The molecule has 3 N–H and O–H groups in total. The van der Waals surface area contributed by atoms with Crippen LogP contribution in [0, 0.1) is 5.92 Å². The van der Waals surface area contributed by atoms with Crippen LogP contribution < -0.4 is 10.6 Å². The Kier molecular flexibility index (Phi) is 6.34. The number of carboxylic acids is 1. The van der Waals surface area contributed by atoms with E-state index in [1.165, 1.54) is 6.33 Å². The fourth-order valence-corrected chi connectivity index (χ4v) is 1.50. The van der Waals surface area contributed by atoms with E-state index in [1.54, 1.807) is 0 Å². The van der Waals surface area contributed by atoms with Crippen molar-refractivity contribution in [2.45, 2.75) is 26.2 Å². The first-order valence-electron chi connectivity index (χ1n) is 6.10. The van der Waals surface area contributed by atoms with Gasteiger partial charge in [-0.15, -0.1) is 0 Å². The zero-order valence-electron chi connectivity index (χ0n) is 10.8. The maximum absolute atomic E-state index is 11.4. The molecule has 106 valence electrons. The smallest absolute Gasteiger partial charge is 0.314 e. The third-order valence-corrected chi connectivity index (χ3v) is 2.62. The van der Waals surface area contributed by atoms with Gasteiger partial charge in [0.05, 0.1) is 0 Å². The first-order valence-corrected chi connectivity index (χ1v) is 6.10. The fourth-order valence-electron chi connectivity index (χ4n) is 1.50. The first-order chi connectivity index (χ1) is 9.11. The number of carboxylic acid groups (broad SMARTS) is 1. The third kappa shape index (κ3) is 6.39. The Balaban J connectivity index is 2.14. The molecule has 1 rings (SSSR count). The topological polar surface area (TPSA) is 117 Å². The Hall–Kier alpha value is -2.12. The van der Waals surface area contributed by atoms with Gasteiger partial charge in [-0.25, -0.2) is 4.79 Å². The van der Waals surface area contributed by atoms with Crippen LogP contribution in [-0.4, -0.2) is 40.3 Å². The predicted molar refractivity (Wildman–Crippen MR) is 65.4 cm³/mol. The van der Waals surface area contributed by atoms with Crippen LogP contribution in [0.1, 0.15) is 25.7 Å². The van der Waals surface area contributed by atoms with Gasteiger partial charge < -0.3 is 20.3 Å². The van der Waals surface area contributed by atoms with Gasteiger partial charge in [0.25, 0.3) is 0 Å². The van der Waals surface area contributed by atoms with Gasteiger partial charge in [0.15, 0.2) is 6.33 Å². The van der Waals surface area contributed by atoms with Gasteiger partial charge in [-0.05, 0) is 5.92 Å². The van der Waals surface area contributed by atoms with Crippen LogP contribution in [0.3, 0.4) is 0 Å². The molecule has 0 spiro atoms. The van der Waals surface area contributed by atoms with Gasteiger partial charge in [-0.3, -0.25) is 4.79 Å². The van der Waals surface area contributed by atoms with Crippen molar-refractivity contribution in [1.82, 2.24) is 20.8 Å². The van der Waals surface area contributed by atoms with E-state index in [4.69, 9.17) is 9.63 Å². The van der Waals surface area contributed by atoms with Crippen molar-refractivity contribution in [3.05, 3.63) is 12.2 Å². The van der Waals surface area contributed by atoms with Gasteiger partial charge in [0.2, 0.25) is 5.89 Å². The number of hydrogen-bond acceptors (Lipinski definition) is 5. The molecule has 8 nitrogen and oxygen atoms in total. The summed E-state index contributed by atoms with van der Waals surface area (Å²) in [4.78, 5) is 25.8. The summed E-state index contributed by atoms with van der Waals surface area (Å²) in [6.07, 6.45) is 2.51. The van der Waals surface area contributed by atoms with Crippen molar-refractivity contribution in [2.24, 2.45) is 5.92 Å². The van der Waals surface area contributed by atoms with E-state index in [9.17, 15) is 9.59 Å². The summed E-state index contributed by atoms with van der Waals surface area (Å²) in [5, 5.41) is 17.4. The van der Waals surface area contributed by atoms with Gasteiger partial charge in [0.1, 0.15) is 0 Å². The summed E-state index contributed by atoms with van der Waals surface area (Å²) >= 11 is 0. The molecule has 0 saturated heterocycles. The average Bonchev–Trinajstić information content (AvgIpc) is 2.87. The van der Waals surface area contributed by atoms with Crippen LogP contribution >= 0.6 is 0 Å². The van der Waals surface area contributed by atoms with Gasteiger partial charge >= 0.3 is 12.0 Å². The highest BCUT2D eigenvalue weighted by molar-refractivity contribution is 5.74. The summed E-state index contributed by atoms with van der Waals surface area (Å²) in [6, 6.07) is -0.330. The second kappa shape index (κ2) is 8.06. The number of hydrogen-bond donors (Lipinski definition) is 3. The van der Waals surface area contributed by atoms with Gasteiger partial charge in [-0.1, -0.05) is 18.5 Å². The monoisotopic (exact) mass is 270 g/mol. The summed E-state index contributed by atoms with van der Waals surface area (Å²) in [5.74, 6) is -0.456. The molecule has 0 aromatic carbocycles. The lowest BCUT2D eigenvalue weighted by molar-refractivity contribution is -0.138.